The molecule has 0 amide bonds. The van der Waals surface area contributed by atoms with Crippen molar-refractivity contribution in [3.8, 4) is 0 Å². The van der Waals surface area contributed by atoms with Gasteiger partial charge in [0.05, 0.1) is 12.6 Å². The number of hydrogen-bond donors (Lipinski definition) is 3. The van der Waals surface area contributed by atoms with Gasteiger partial charge in [-0.3, -0.25) is 0 Å². The van der Waals surface area contributed by atoms with Crippen molar-refractivity contribution in [3.63, 3.8) is 0 Å². The number of hydrogen-bond acceptors (Lipinski definition) is 2. The van der Waals surface area contributed by atoms with Crippen LogP contribution in [0.3, 0.4) is 0 Å². The normalized spacial score (nSPS) is 23.1. The van der Waals surface area contributed by atoms with E-state index in [1.807, 2.05) is 0 Å². The minimum absolute atomic E-state index is 0.0754. The van der Waals surface area contributed by atoms with Crippen molar-refractivity contribution in [2.75, 3.05) is 13.2 Å². The van der Waals surface area contributed by atoms with E-state index < -0.39 is 0 Å². The third-order valence-electron chi connectivity index (χ3n) is 1.72. The summed E-state index contributed by atoms with van der Waals surface area (Å²) < 4.78 is 5.33. The Morgan fingerprint density at radius 1 is 1.38 bits per heavy atom. The molecule has 0 aliphatic carbocycles. The quantitative estimate of drug-likeness (QED) is 0.368. The Morgan fingerprint density at radius 2 is 2.15 bits per heavy atom. The zero-order valence-corrected chi connectivity index (χ0v) is 7.44. The highest BCUT2D eigenvalue weighted by Gasteiger charge is 2.14. The van der Waals surface area contributed by atoms with E-state index in [9.17, 15) is 0 Å². The predicted octanol–water partition coefficient (Wildman–Crippen LogP) is -1.25. The Bertz CT molecular complexity index is 215. The summed E-state index contributed by atoms with van der Waals surface area (Å²) in [6, 6.07) is 0. The summed E-state index contributed by atoms with van der Waals surface area (Å²) in [5, 5.41) is 0. The first-order valence-corrected chi connectivity index (χ1v) is 4.19. The monoisotopic (exact) mass is 185 g/mol. The van der Waals surface area contributed by atoms with Crippen LogP contribution in [0.4, 0.5) is 0 Å². The zero-order chi connectivity index (χ0) is 9.68. The molecule has 13 heavy (non-hydrogen) atoms. The van der Waals surface area contributed by atoms with Crippen LogP contribution in [0, 0.1) is 0 Å². The summed E-state index contributed by atoms with van der Waals surface area (Å²) in [6.07, 6.45) is 2.29. The fraction of sp³-hybridized carbons (Fsp3) is 0.714. The summed E-state index contributed by atoms with van der Waals surface area (Å²) in [6.45, 7) is 1.34. The minimum atomic E-state index is -0.0754. The molecule has 1 aliphatic heterocycles. The van der Waals surface area contributed by atoms with Gasteiger partial charge in [0.25, 0.3) is 0 Å². The van der Waals surface area contributed by atoms with E-state index in [0.29, 0.717) is 6.54 Å². The summed E-state index contributed by atoms with van der Waals surface area (Å²) in [7, 11) is 0. The van der Waals surface area contributed by atoms with E-state index in [0.717, 1.165) is 19.4 Å². The molecule has 0 aromatic carbocycles. The van der Waals surface area contributed by atoms with Crippen molar-refractivity contribution in [3.05, 3.63) is 0 Å². The highest BCUT2D eigenvalue weighted by Crippen LogP contribution is 2.11. The number of nitrogens with two attached hydrogens (primary N) is 3. The van der Waals surface area contributed by atoms with Crippen molar-refractivity contribution in [2.45, 2.75) is 18.9 Å². The summed E-state index contributed by atoms with van der Waals surface area (Å²) in [5.74, 6) is 0.0316. The second-order valence-corrected chi connectivity index (χ2v) is 2.87. The van der Waals surface area contributed by atoms with Gasteiger partial charge in [-0.2, -0.15) is 4.99 Å². The van der Waals surface area contributed by atoms with E-state index in [1.54, 1.807) is 0 Å². The van der Waals surface area contributed by atoms with Gasteiger partial charge in [0, 0.05) is 6.61 Å². The van der Waals surface area contributed by atoms with Crippen molar-refractivity contribution >= 4 is 11.9 Å². The first-order valence-electron chi connectivity index (χ1n) is 4.19. The molecule has 6 nitrogen and oxygen atoms in total. The van der Waals surface area contributed by atoms with Crippen LogP contribution in [0.1, 0.15) is 12.8 Å². The average Bonchev–Trinajstić information content (AvgIpc) is 2.51. The van der Waals surface area contributed by atoms with Gasteiger partial charge in [0.15, 0.2) is 5.96 Å². The highest BCUT2D eigenvalue weighted by molar-refractivity contribution is 5.92. The fourth-order valence-electron chi connectivity index (χ4n) is 1.15. The van der Waals surface area contributed by atoms with Crippen LogP contribution in [0.2, 0.25) is 0 Å². The molecule has 0 radical (unpaired) electrons. The lowest BCUT2D eigenvalue weighted by molar-refractivity contribution is 0.118. The molecule has 1 rings (SSSR count). The molecule has 0 aromatic rings. The fourth-order valence-corrected chi connectivity index (χ4v) is 1.15. The number of nitrogens with zero attached hydrogens (tertiary/aromatic N) is 2. The van der Waals surface area contributed by atoms with E-state index >= 15 is 0 Å². The first-order chi connectivity index (χ1) is 6.18. The maximum absolute atomic E-state index is 5.40. The zero-order valence-electron chi connectivity index (χ0n) is 7.44. The van der Waals surface area contributed by atoms with Crippen LogP contribution in [0.15, 0.2) is 9.98 Å². The molecule has 1 atom stereocenters. The van der Waals surface area contributed by atoms with Crippen LogP contribution in [-0.2, 0) is 4.74 Å². The lowest BCUT2D eigenvalue weighted by Crippen LogP contribution is -2.27. The van der Waals surface area contributed by atoms with Crippen LogP contribution in [-0.4, -0.2) is 31.2 Å². The Hall–Kier alpha value is -1.30. The maximum atomic E-state index is 5.40. The average molecular weight is 185 g/mol. The molecule has 1 heterocycles. The van der Waals surface area contributed by atoms with Gasteiger partial charge in [-0.05, 0) is 12.8 Å². The van der Waals surface area contributed by atoms with Gasteiger partial charge in [0.1, 0.15) is 0 Å². The molecule has 1 aliphatic rings. The lowest BCUT2D eigenvalue weighted by Gasteiger charge is -2.04. The van der Waals surface area contributed by atoms with E-state index in [-0.39, 0.29) is 18.0 Å². The first kappa shape index (κ1) is 9.79. The number of rotatable bonds is 2. The van der Waals surface area contributed by atoms with E-state index in [2.05, 4.69) is 9.98 Å². The molecule has 74 valence electrons. The van der Waals surface area contributed by atoms with Crippen LogP contribution >= 0.6 is 0 Å². The van der Waals surface area contributed by atoms with Crippen molar-refractivity contribution in [1.29, 1.82) is 0 Å². The largest absolute Gasteiger partial charge is 0.376 e. The molecular weight excluding hydrogens is 170 g/mol. The third kappa shape index (κ3) is 3.75. The Kier molecular flexibility index (Phi) is 3.51. The van der Waals surface area contributed by atoms with Gasteiger partial charge in [-0.1, -0.05) is 0 Å². The van der Waals surface area contributed by atoms with Crippen molar-refractivity contribution in [1.82, 2.24) is 0 Å². The molecule has 1 unspecified atom stereocenters. The molecule has 1 saturated heterocycles. The lowest BCUT2D eigenvalue weighted by atomic mass is 10.2. The molecule has 0 spiro atoms. The van der Waals surface area contributed by atoms with Crippen molar-refractivity contribution < 1.29 is 4.74 Å². The van der Waals surface area contributed by atoms with Gasteiger partial charge >= 0.3 is 0 Å². The van der Waals surface area contributed by atoms with Crippen molar-refractivity contribution in [2.24, 2.45) is 27.2 Å². The summed E-state index contributed by atoms with van der Waals surface area (Å²) in [5.41, 5.74) is 15.6. The van der Waals surface area contributed by atoms with Crippen LogP contribution in [0.5, 0.6) is 0 Å². The Morgan fingerprint density at radius 3 is 2.69 bits per heavy atom. The molecule has 1 fully saturated rings. The molecule has 0 aromatic heterocycles. The van der Waals surface area contributed by atoms with E-state index in [4.69, 9.17) is 21.9 Å². The minimum Gasteiger partial charge on any atom is -0.376 e. The smallest absolute Gasteiger partial charge is 0.218 e. The maximum Gasteiger partial charge on any atom is 0.218 e. The summed E-state index contributed by atoms with van der Waals surface area (Å²) >= 11 is 0. The topological polar surface area (TPSA) is 112 Å². The van der Waals surface area contributed by atoms with Gasteiger partial charge in [-0.15, -0.1) is 0 Å². The SMILES string of the molecule is NC(N)=NC(N)=NCC1CCCO1. The third-order valence-corrected chi connectivity index (χ3v) is 1.72. The second kappa shape index (κ2) is 4.66. The number of aliphatic imine (C=N–C) groups is 2. The Balaban J connectivity index is 2.33. The second-order valence-electron chi connectivity index (χ2n) is 2.87. The van der Waals surface area contributed by atoms with Gasteiger partial charge in [-0.25, -0.2) is 4.99 Å². The van der Waals surface area contributed by atoms with Crippen LogP contribution < -0.4 is 17.2 Å². The molecule has 6 N–H and O–H groups in total. The molecule has 0 bridgehead atoms. The van der Waals surface area contributed by atoms with Gasteiger partial charge < -0.3 is 21.9 Å². The van der Waals surface area contributed by atoms with E-state index in [1.165, 1.54) is 0 Å². The standard InChI is InChI=1S/C7H15N5O/c8-6(9)12-7(10)11-4-5-2-1-3-13-5/h5H,1-4H2,(H6,8,9,10,11,12). The highest BCUT2D eigenvalue weighted by atomic mass is 16.5. The van der Waals surface area contributed by atoms with Gasteiger partial charge in [0.2, 0.25) is 5.96 Å². The predicted molar refractivity (Wildman–Crippen MR) is 51.3 cm³/mol. The molecular formula is C7H15N5O. The summed E-state index contributed by atoms with van der Waals surface area (Å²) in [4.78, 5) is 7.55. The Labute approximate surface area is 76.8 Å². The molecule has 6 heteroatoms. The van der Waals surface area contributed by atoms with Crippen LogP contribution in [0.25, 0.3) is 0 Å². The number of guanidine groups is 2. The molecule has 0 saturated carbocycles. The number of ether oxygens (including phenoxy) is 1.